The van der Waals surface area contributed by atoms with E-state index in [1.807, 2.05) is 47.2 Å². The van der Waals surface area contributed by atoms with Crippen LogP contribution in [-0.2, 0) is 22.6 Å². The van der Waals surface area contributed by atoms with E-state index in [1.54, 1.807) is 19.2 Å². The third kappa shape index (κ3) is 5.19. The Kier molecular flexibility index (Phi) is 6.91. The number of carbonyl (C=O) groups excluding carboxylic acids is 2. The molecule has 8 nitrogen and oxygen atoms in total. The minimum Gasteiger partial charge on any atom is -0.497 e. The topological polar surface area (TPSA) is 94.0 Å². The number of rotatable bonds is 8. The molecule has 2 aromatic carbocycles. The molecule has 0 aliphatic carbocycles. The first kappa shape index (κ1) is 24.5. The number of methoxy groups -OCH3 is 1. The van der Waals surface area contributed by atoms with Crippen molar-refractivity contribution in [3.05, 3.63) is 99.7 Å². The van der Waals surface area contributed by atoms with Crippen LogP contribution >= 0.6 is 11.3 Å². The van der Waals surface area contributed by atoms with Gasteiger partial charge < -0.3 is 20.1 Å². The molecule has 10 heteroatoms. The average molecular weight is 521 g/mol. The number of urea groups is 1. The summed E-state index contributed by atoms with van der Waals surface area (Å²) < 4.78 is 26.5. The van der Waals surface area contributed by atoms with E-state index < -0.39 is 23.9 Å². The molecule has 2 aromatic heterocycles. The zero-order valence-electron chi connectivity index (χ0n) is 20.3. The van der Waals surface area contributed by atoms with Crippen LogP contribution in [0.1, 0.15) is 35.0 Å². The third-order valence-corrected chi connectivity index (χ3v) is 6.94. The number of aromatic nitrogens is 2. The van der Waals surface area contributed by atoms with Gasteiger partial charge in [0.05, 0.1) is 24.1 Å². The Morgan fingerprint density at radius 2 is 1.97 bits per heavy atom. The van der Waals surface area contributed by atoms with Crippen molar-refractivity contribution in [2.75, 3.05) is 7.11 Å². The molecule has 0 fully saturated rings. The van der Waals surface area contributed by atoms with Gasteiger partial charge >= 0.3 is 12.0 Å². The maximum Gasteiger partial charge on any atom is 0.338 e. The summed E-state index contributed by atoms with van der Waals surface area (Å²) in [5, 5.41) is 7.59. The first-order chi connectivity index (χ1) is 17.9. The highest BCUT2D eigenvalue weighted by Gasteiger charge is 2.36. The minimum atomic E-state index is -0.779. The van der Waals surface area contributed by atoms with Crippen LogP contribution in [0.25, 0.3) is 4.96 Å². The van der Waals surface area contributed by atoms with Crippen LogP contribution in [0, 0.1) is 12.7 Å². The van der Waals surface area contributed by atoms with Gasteiger partial charge in [0, 0.05) is 17.3 Å². The van der Waals surface area contributed by atoms with Crippen molar-refractivity contribution in [3.63, 3.8) is 0 Å². The Morgan fingerprint density at radius 1 is 1.16 bits per heavy atom. The van der Waals surface area contributed by atoms with Crippen molar-refractivity contribution in [2.24, 2.45) is 0 Å². The zero-order chi connectivity index (χ0) is 25.9. The number of esters is 1. The molecular formula is C27H25FN4O4S. The smallest absolute Gasteiger partial charge is 0.338 e. The molecule has 1 unspecified atom stereocenters. The Hall–Kier alpha value is -4.18. The lowest BCUT2D eigenvalue weighted by molar-refractivity contribution is -0.140. The second-order valence-electron chi connectivity index (χ2n) is 8.62. The standard InChI is InChI=1S/C27H25FN4O4S/c1-16-24(32-11-12-37-27(32)29-16)23-22(25(33)36-15-18-6-3-7-19(28)13-18)21(30-26(34)31-23)10-9-17-5-4-8-20(14-17)35-2/h3-8,11-14,23H,9-10,15H2,1-2H3,(H2,30,31,34). The summed E-state index contributed by atoms with van der Waals surface area (Å²) in [5.74, 6) is -0.291. The van der Waals surface area contributed by atoms with Crippen molar-refractivity contribution in [3.8, 4) is 5.75 Å². The molecule has 2 amide bonds. The number of hydrogen-bond donors (Lipinski definition) is 2. The van der Waals surface area contributed by atoms with Crippen LogP contribution in [0.3, 0.4) is 0 Å². The van der Waals surface area contributed by atoms with E-state index in [-0.39, 0.29) is 12.2 Å². The number of hydrogen-bond acceptors (Lipinski definition) is 6. The largest absolute Gasteiger partial charge is 0.497 e. The van der Waals surface area contributed by atoms with Gasteiger partial charge in [-0.1, -0.05) is 24.3 Å². The van der Waals surface area contributed by atoms with Gasteiger partial charge in [-0.3, -0.25) is 4.40 Å². The molecule has 0 bridgehead atoms. The van der Waals surface area contributed by atoms with Gasteiger partial charge in [-0.15, -0.1) is 11.3 Å². The summed E-state index contributed by atoms with van der Waals surface area (Å²) in [7, 11) is 1.60. The highest BCUT2D eigenvalue weighted by atomic mass is 32.1. The molecule has 1 aliphatic rings. The van der Waals surface area contributed by atoms with E-state index in [9.17, 15) is 14.0 Å². The third-order valence-electron chi connectivity index (χ3n) is 6.19. The highest BCUT2D eigenvalue weighted by molar-refractivity contribution is 7.15. The summed E-state index contributed by atoms with van der Waals surface area (Å²) in [5.41, 5.74) is 3.64. The van der Waals surface area contributed by atoms with E-state index >= 15 is 0 Å². The fourth-order valence-electron chi connectivity index (χ4n) is 4.47. The van der Waals surface area contributed by atoms with Crippen LogP contribution in [0.2, 0.25) is 0 Å². The molecular weight excluding hydrogens is 495 g/mol. The quantitative estimate of drug-likeness (QED) is 0.325. The van der Waals surface area contributed by atoms with E-state index in [1.165, 1.54) is 23.5 Å². The Morgan fingerprint density at radius 3 is 2.78 bits per heavy atom. The number of benzene rings is 2. The van der Waals surface area contributed by atoms with Gasteiger partial charge in [0.25, 0.3) is 0 Å². The second kappa shape index (κ2) is 10.4. The number of thiazole rings is 1. The van der Waals surface area contributed by atoms with Gasteiger partial charge in [-0.2, -0.15) is 0 Å². The lowest BCUT2D eigenvalue weighted by Crippen LogP contribution is -2.46. The van der Waals surface area contributed by atoms with Crippen LogP contribution in [0.5, 0.6) is 5.75 Å². The van der Waals surface area contributed by atoms with E-state index in [4.69, 9.17) is 9.47 Å². The van der Waals surface area contributed by atoms with Gasteiger partial charge in [-0.05, 0) is 55.2 Å². The normalized spacial score (nSPS) is 15.4. The summed E-state index contributed by atoms with van der Waals surface area (Å²) in [6.07, 6.45) is 2.79. The van der Waals surface area contributed by atoms with E-state index in [2.05, 4.69) is 15.6 Å². The number of nitrogens with zero attached hydrogens (tertiary/aromatic N) is 2. The van der Waals surface area contributed by atoms with Crippen molar-refractivity contribution in [1.29, 1.82) is 0 Å². The van der Waals surface area contributed by atoms with Crippen LogP contribution in [0.15, 0.2) is 71.4 Å². The Bertz CT molecular complexity index is 1510. The minimum absolute atomic E-state index is 0.108. The molecule has 37 heavy (non-hydrogen) atoms. The van der Waals surface area contributed by atoms with Crippen LogP contribution < -0.4 is 15.4 Å². The predicted molar refractivity (Wildman–Crippen MR) is 137 cm³/mol. The number of aryl methyl sites for hydroxylation is 2. The molecule has 1 atom stereocenters. The lowest BCUT2D eigenvalue weighted by Gasteiger charge is -2.29. The lowest BCUT2D eigenvalue weighted by atomic mass is 9.95. The number of halogens is 1. The summed E-state index contributed by atoms with van der Waals surface area (Å²) >= 11 is 1.46. The summed E-state index contributed by atoms with van der Waals surface area (Å²) in [6, 6.07) is 12.3. The van der Waals surface area contributed by atoms with Crippen LogP contribution in [0.4, 0.5) is 9.18 Å². The molecule has 1 aliphatic heterocycles. The molecule has 0 spiro atoms. The first-order valence-electron chi connectivity index (χ1n) is 11.7. The number of amides is 2. The predicted octanol–water partition coefficient (Wildman–Crippen LogP) is 4.84. The Labute approximate surface area is 216 Å². The molecule has 2 N–H and O–H groups in total. The molecule has 0 saturated heterocycles. The second-order valence-corrected chi connectivity index (χ2v) is 9.49. The average Bonchev–Trinajstić information content (AvgIpc) is 3.46. The monoisotopic (exact) mass is 520 g/mol. The maximum absolute atomic E-state index is 13.7. The van der Waals surface area contributed by atoms with E-state index in [0.717, 1.165) is 16.3 Å². The van der Waals surface area contributed by atoms with Crippen molar-refractivity contribution in [2.45, 2.75) is 32.4 Å². The van der Waals surface area contributed by atoms with Gasteiger partial charge in [0.15, 0.2) is 4.96 Å². The van der Waals surface area contributed by atoms with Gasteiger partial charge in [0.2, 0.25) is 0 Å². The number of fused-ring (bicyclic) bond motifs is 1. The number of imidazole rings is 1. The number of ether oxygens (including phenoxy) is 2. The number of carbonyl (C=O) groups is 2. The van der Waals surface area contributed by atoms with Crippen molar-refractivity contribution in [1.82, 2.24) is 20.0 Å². The highest BCUT2D eigenvalue weighted by Crippen LogP contribution is 2.33. The van der Waals surface area contributed by atoms with Gasteiger partial charge in [-0.25, -0.2) is 19.0 Å². The number of nitrogens with one attached hydrogen (secondary N) is 2. The SMILES string of the molecule is COc1cccc(CCC2=C(C(=O)OCc3cccc(F)c3)C(c3c(C)nc4sccn34)NC(=O)N2)c1. The van der Waals surface area contributed by atoms with Gasteiger partial charge in [0.1, 0.15) is 24.2 Å². The van der Waals surface area contributed by atoms with Crippen molar-refractivity contribution < 1.29 is 23.5 Å². The summed E-state index contributed by atoms with van der Waals surface area (Å²) in [4.78, 5) is 31.7. The van der Waals surface area contributed by atoms with Crippen LogP contribution in [-0.4, -0.2) is 28.5 Å². The molecule has 0 saturated carbocycles. The first-order valence-corrected chi connectivity index (χ1v) is 12.6. The number of allylic oxidation sites excluding steroid dienone is 1. The fraction of sp³-hybridized carbons (Fsp3) is 0.222. The fourth-order valence-corrected chi connectivity index (χ4v) is 5.24. The van der Waals surface area contributed by atoms with E-state index in [0.29, 0.717) is 35.5 Å². The molecule has 0 radical (unpaired) electrons. The molecule has 3 heterocycles. The summed E-state index contributed by atoms with van der Waals surface area (Å²) in [6.45, 7) is 1.73. The molecule has 4 aromatic rings. The molecule has 190 valence electrons. The maximum atomic E-state index is 13.7. The zero-order valence-corrected chi connectivity index (χ0v) is 21.1. The van der Waals surface area contributed by atoms with Crippen molar-refractivity contribution >= 4 is 28.3 Å². The Balaban J connectivity index is 1.51. The molecule has 5 rings (SSSR count).